The van der Waals surface area contributed by atoms with Crippen LogP contribution >= 0.6 is 11.3 Å². The average Bonchev–Trinajstić information content (AvgIpc) is 3.00. The van der Waals surface area contributed by atoms with Crippen molar-refractivity contribution < 1.29 is 18.8 Å². The number of carbonyl (C=O) groups excluding carboxylic acids is 3. The Labute approximate surface area is 142 Å². The zero-order valence-corrected chi connectivity index (χ0v) is 14.1. The van der Waals surface area contributed by atoms with Crippen LogP contribution < -0.4 is 10.6 Å². The normalized spacial score (nSPS) is 10.3. The van der Waals surface area contributed by atoms with Crippen LogP contribution in [-0.4, -0.2) is 24.1 Å². The van der Waals surface area contributed by atoms with Gasteiger partial charge in [-0.3, -0.25) is 14.4 Å². The summed E-state index contributed by atoms with van der Waals surface area (Å²) in [4.78, 5) is 36.3. The molecule has 2 rings (SSSR count). The summed E-state index contributed by atoms with van der Waals surface area (Å²) in [5.74, 6) is -2.10. The summed E-state index contributed by atoms with van der Waals surface area (Å²) in [6.45, 7) is 3.37. The van der Waals surface area contributed by atoms with Gasteiger partial charge in [0.1, 0.15) is 5.82 Å². The third-order valence-electron chi connectivity index (χ3n) is 3.30. The summed E-state index contributed by atoms with van der Waals surface area (Å²) < 4.78 is 13.4. The Morgan fingerprint density at radius 1 is 1.12 bits per heavy atom. The number of nitrogens with one attached hydrogen (secondary N) is 2. The predicted octanol–water partition coefficient (Wildman–Crippen LogP) is 2.70. The zero-order valence-electron chi connectivity index (χ0n) is 13.3. The van der Waals surface area contributed by atoms with Crippen molar-refractivity contribution in [1.29, 1.82) is 0 Å². The molecule has 1 aromatic heterocycles. The zero-order chi connectivity index (χ0) is 17.7. The van der Waals surface area contributed by atoms with Crippen molar-refractivity contribution in [3.63, 3.8) is 0 Å². The first-order valence-corrected chi connectivity index (χ1v) is 8.13. The summed E-state index contributed by atoms with van der Waals surface area (Å²) in [5, 5.41) is 4.84. The summed E-state index contributed by atoms with van der Waals surface area (Å²) in [6, 6.07) is 7.77. The van der Waals surface area contributed by atoms with Crippen LogP contribution in [-0.2, 0) is 16.0 Å². The van der Waals surface area contributed by atoms with Gasteiger partial charge in [0.05, 0.1) is 4.88 Å². The van der Waals surface area contributed by atoms with Crippen LogP contribution in [0.25, 0.3) is 0 Å². The fourth-order valence-corrected chi connectivity index (χ4v) is 2.84. The lowest BCUT2D eigenvalue weighted by atomic mass is 10.2. The molecule has 0 aliphatic heterocycles. The van der Waals surface area contributed by atoms with Crippen LogP contribution in [0.2, 0.25) is 0 Å². The van der Waals surface area contributed by atoms with Gasteiger partial charge in [-0.25, -0.2) is 4.39 Å². The molecule has 126 valence electrons. The number of Topliss-reactive ketones (excluding diaryl/α,β-unsaturated/α-hetero) is 1. The molecule has 24 heavy (non-hydrogen) atoms. The van der Waals surface area contributed by atoms with Crippen molar-refractivity contribution in [1.82, 2.24) is 5.32 Å². The van der Waals surface area contributed by atoms with E-state index in [0.29, 0.717) is 16.9 Å². The van der Waals surface area contributed by atoms with Gasteiger partial charge in [-0.1, -0.05) is 6.07 Å². The second-order valence-electron chi connectivity index (χ2n) is 5.25. The van der Waals surface area contributed by atoms with Gasteiger partial charge < -0.3 is 10.6 Å². The number of anilines is 1. The molecular weight excluding hydrogens is 331 g/mol. The third kappa shape index (κ3) is 4.73. The van der Waals surface area contributed by atoms with Crippen LogP contribution in [0.1, 0.15) is 27.0 Å². The van der Waals surface area contributed by atoms with E-state index in [-0.39, 0.29) is 18.0 Å². The van der Waals surface area contributed by atoms with E-state index < -0.39 is 17.6 Å². The molecule has 0 aliphatic rings. The minimum atomic E-state index is -0.853. The second-order valence-corrected chi connectivity index (χ2v) is 6.41. The summed E-state index contributed by atoms with van der Waals surface area (Å²) in [7, 11) is 0. The number of thiophene rings is 1. The molecule has 0 bridgehead atoms. The Morgan fingerprint density at radius 3 is 2.50 bits per heavy atom. The summed E-state index contributed by atoms with van der Waals surface area (Å²) >= 11 is 1.36. The van der Waals surface area contributed by atoms with Crippen LogP contribution in [0.15, 0.2) is 30.3 Å². The Hall–Kier alpha value is -2.54. The molecule has 0 atom stereocenters. The predicted molar refractivity (Wildman–Crippen MR) is 90.8 cm³/mol. The largest absolute Gasteiger partial charge is 0.347 e. The highest BCUT2D eigenvalue weighted by Gasteiger charge is 2.14. The van der Waals surface area contributed by atoms with Gasteiger partial charge in [0, 0.05) is 17.1 Å². The van der Waals surface area contributed by atoms with Crippen molar-refractivity contribution in [2.45, 2.75) is 20.3 Å². The standard InChI is InChI=1S/C17H17FN2O3S/c1-10-3-4-12(9-14(10)18)20-17(23)16(22)19-8-7-13-5-6-15(24-13)11(2)21/h3-6,9H,7-8H2,1-2H3,(H,19,22)(H,20,23). The lowest BCUT2D eigenvalue weighted by molar-refractivity contribution is -0.136. The highest BCUT2D eigenvalue weighted by molar-refractivity contribution is 7.14. The number of halogens is 1. The first-order valence-electron chi connectivity index (χ1n) is 7.32. The molecule has 0 fully saturated rings. The Balaban J connectivity index is 1.81. The topological polar surface area (TPSA) is 75.3 Å². The van der Waals surface area contributed by atoms with Crippen molar-refractivity contribution in [3.8, 4) is 0 Å². The molecule has 2 amide bonds. The van der Waals surface area contributed by atoms with Crippen molar-refractivity contribution in [3.05, 3.63) is 51.5 Å². The van der Waals surface area contributed by atoms with Crippen molar-refractivity contribution >= 4 is 34.6 Å². The minimum Gasteiger partial charge on any atom is -0.347 e. The molecule has 0 spiro atoms. The van der Waals surface area contributed by atoms with Gasteiger partial charge in [-0.05, 0) is 50.1 Å². The number of ketones is 1. The Morgan fingerprint density at radius 2 is 1.88 bits per heavy atom. The number of carbonyl (C=O) groups is 3. The lowest BCUT2D eigenvalue weighted by Crippen LogP contribution is -2.36. The first kappa shape index (κ1) is 17.8. The van der Waals surface area contributed by atoms with Gasteiger partial charge in [-0.2, -0.15) is 0 Å². The number of benzene rings is 1. The maximum Gasteiger partial charge on any atom is 0.313 e. The molecule has 0 radical (unpaired) electrons. The SMILES string of the molecule is CC(=O)c1ccc(CCNC(=O)C(=O)Nc2ccc(C)c(F)c2)s1. The van der Waals surface area contributed by atoms with Crippen LogP contribution in [0.5, 0.6) is 0 Å². The van der Waals surface area contributed by atoms with E-state index in [1.807, 2.05) is 6.07 Å². The van der Waals surface area contributed by atoms with Crippen molar-refractivity contribution in [2.75, 3.05) is 11.9 Å². The number of hydrogen-bond acceptors (Lipinski definition) is 4. The first-order chi connectivity index (χ1) is 11.4. The molecule has 1 aromatic carbocycles. The quantitative estimate of drug-likeness (QED) is 0.644. The molecule has 0 aliphatic carbocycles. The Bertz CT molecular complexity index is 786. The molecule has 0 saturated heterocycles. The molecule has 7 heteroatoms. The number of amides is 2. The highest BCUT2D eigenvalue weighted by atomic mass is 32.1. The molecule has 0 saturated carbocycles. The highest BCUT2D eigenvalue weighted by Crippen LogP contribution is 2.17. The fourth-order valence-electron chi connectivity index (χ4n) is 1.94. The Kier molecular flexibility index (Phi) is 5.81. The average molecular weight is 348 g/mol. The van der Waals surface area contributed by atoms with Gasteiger partial charge in [0.2, 0.25) is 0 Å². The van der Waals surface area contributed by atoms with E-state index in [9.17, 15) is 18.8 Å². The molecule has 2 aromatic rings. The van der Waals surface area contributed by atoms with E-state index in [1.54, 1.807) is 13.0 Å². The van der Waals surface area contributed by atoms with Gasteiger partial charge in [-0.15, -0.1) is 11.3 Å². The van der Waals surface area contributed by atoms with Gasteiger partial charge >= 0.3 is 11.8 Å². The lowest BCUT2D eigenvalue weighted by Gasteiger charge is -2.07. The van der Waals surface area contributed by atoms with E-state index >= 15 is 0 Å². The van der Waals surface area contributed by atoms with Crippen LogP contribution in [0, 0.1) is 12.7 Å². The summed E-state index contributed by atoms with van der Waals surface area (Å²) in [5.41, 5.74) is 0.681. The molecule has 5 nitrogen and oxygen atoms in total. The van der Waals surface area contributed by atoms with Crippen LogP contribution in [0.3, 0.4) is 0 Å². The fraction of sp³-hybridized carbons (Fsp3) is 0.235. The monoisotopic (exact) mass is 348 g/mol. The number of hydrogen-bond donors (Lipinski definition) is 2. The number of rotatable bonds is 5. The third-order valence-corrected chi connectivity index (χ3v) is 4.55. The molecule has 2 N–H and O–H groups in total. The van der Waals surface area contributed by atoms with E-state index in [0.717, 1.165) is 10.9 Å². The molecular formula is C17H17FN2O3S. The number of aryl methyl sites for hydroxylation is 1. The molecule has 1 heterocycles. The molecule has 0 unspecified atom stereocenters. The maximum absolute atomic E-state index is 13.4. The van der Waals surface area contributed by atoms with E-state index in [1.165, 1.54) is 30.4 Å². The smallest absolute Gasteiger partial charge is 0.313 e. The maximum atomic E-state index is 13.4. The second kappa shape index (κ2) is 7.83. The van der Waals surface area contributed by atoms with Gasteiger partial charge in [0.25, 0.3) is 0 Å². The van der Waals surface area contributed by atoms with Gasteiger partial charge in [0.15, 0.2) is 5.78 Å². The van der Waals surface area contributed by atoms with Crippen LogP contribution in [0.4, 0.5) is 10.1 Å². The summed E-state index contributed by atoms with van der Waals surface area (Å²) in [6.07, 6.45) is 0.524. The van der Waals surface area contributed by atoms with E-state index in [2.05, 4.69) is 10.6 Å². The van der Waals surface area contributed by atoms with E-state index in [4.69, 9.17) is 0 Å². The minimum absolute atomic E-state index is 0.00000611. The van der Waals surface area contributed by atoms with Crippen molar-refractivity contribution in [2.24, 2.45) is 0 Å².